The minimum absolute atomic E-state index is 0.457. The molecule has 1 nitrogen and oxygen atoms in total. The van der Waals surface area contributed by atoms with Crippen molar-refractivity contribution in [3.63, 3.8) is 0 Å². The molecule has 1 rings (SSSR count). The Bertz CT molecular complexity index is 352. The van der Waals surface area contributed by atoms with Gasteiger partial charge in [0, 0.05) is 16.7 Å². The third-order valence-electron chi connectivity index (χ3n) is 2.28. The van der Waals surface area contributed by atoms with E-state index < -0.39 is 0 Å². The van der Waals surface area contributed by atoms with Crippen LogP contribution in [0.3, 0.4) is 0 Å². The van der Waals surface area contributed by atoms with Gasteiger partial charge in [0.15, 0.2) is 0 Å². The van der Waals surface area contributed by atoms with Gasteiger partial charge in [0.2, 0.25) is 0 Å². The van der Waals surface area contributed by atoms with E-state index in [1.807, 2.05) is 25.2 Å². The molecule has 0 aromatic heterocycles. The Kier molecular flexibility index (Phi) is 5.96. The fourth-order valence-electron chi connectivity index (χ4n) is 1.42. The van der Waals surface area contributed by atoms with Crippen LogP contribution in [0.2, 0.25) is 5.02 Å². The predicted molar refractivity (Wildman–Crippen MR) is 74.5 cm³/mol. The lowest BCUT2D eigenvalue weighted by molar-refractivity contribution is 0.615. The van der Waals surface area contributed by atoms with Crippen molar-refractivity contribution in [3.8, 4) is 0 Å². The quantitative estimate of drug-likeness (QED) is 0.610. The largest absolute Gasteiger partial charge is 0.316 e. The van der Waals surface area contributed by atoms with Crippen molar-refractivity contribution in [3.05, 3.63) is 41.4 Å². The first kappa shape index (κ1) is 13.6. The van der Waals surface area contributed by atoms with Gasteiger partial charge >= 0.3 is 0 Å². The van der Waals surface area contributed by atoms with Crippen molar-refractivity contribution in [1.82, 2.24) is 5.32 Å². The Labute approximate surface area is 107 Å². The molecule has 1 unspecified atom stereocenters. The average Bonchev–Trinajstić information content (AvgIpc) is 2.25. The molecule has 0 bridgehead atoms. The van der Waals surface area contributed by atoms with Gasteiger partial charge in [0.1, 0.15) is 0 Å². The minimum Gasteiger partial charge on any atom is -0.316 e. The summed E-state index contributed by atoms with van der Waals surface area (Å²) in [6.07, 6.45) is 1.01. The van der Waals surface area contributed by atoms with E-state index in [0.717, 1.165) is 22.1 Å². The van der Waals surface area contributed by atoms with E-state index in [2.05, 4.69) is 24.9 Å². The number of thioether (sulfide) groups is 1. The first-order valence-corrected chi connectivity index (χ1v) is 6.68. The van der Waals surface area contributed by atoms with Crippen molar-refractivity contribution >= 4 is 23.4 Å². The van der Waals surface area contributed by atoms with Gasteiger partial charge in [-0.05, 0) is 32.5 Å². The van der Waals surface area contributed by atoms with Gasteiger partial charge in [-0.25, -0.2) is 0 Å². The van der Waals surface area contributed by atoms with E-state index >= 15 is 0 Å². The highest BCUT2D eigenvalue weighted by Gasteiger charge is 2.08. The number of rotatable bonds is 6. The topological polar surface area (TPSA) is 12.0 Å². The van der Waals surface area contributed by atoms with Crippen molar-refractivity contribution < 1.29 is 0 Å². The summed E-state index contributed by atoms with van der Waals surface area (Å²) in [5.41, 5.74) is 1.21. The molecule has 88 valence electrons. The maximum Gasteiger partial charge on any atom is 0.0541 e. The third kappa shape index (κ3) is 4.60. The van der Waals surface area contributed by atoms with Crippen LogP contribution in [0, 0.1) is 0 Å². The minimum atomic E-state index is 0.457. The lowest BCUT2D eigenvalue weighted by atomic mass is 10.1. The van der Waals surface area contributed by atoms with Crippen LogP contribution in [0.5, 0.6) is 0 Å². The van der Waals surface area contributed by atoms with Crippen LogP contribution in [0.4, 0.5) is 0 Å². The second kappa shape index (κ2) is 7.00. The molecule has 1 atom stereocenters. The van der Waals surface area contributed by atoms with Crippen molar-refractivity contribution in [2.75, 3.05) is 12.8 Å². The summed E-state index contributed by atoms with van der Waals surface area (Å²) >= 11 is 7.88. The summed E-state index contributed by atoms with van der Waals surface area (Å²) in [6.45, 7) is 6.00. The number of hydrogen-bond acceptors (Lipinski definition) is 2. The monoisotopic (exact) mass is 255 g/mol. The van der Waals surface area contributed by atoms with E-state index in [1.54, 1.807) is 11.8 Å². The van der Waals surface area contributed by atoms with Gasteiger partial charge in [-0.2, -0.15) is 0 Å². The smallest absolute Gasteiger partial charge is 0.0541 e. The Hall–Kier alpha value is -0.440. The SMILES string of the molecule is C=C(C)CC(CSc1ccccc1Cl)NC. The first-order chi connectivity index (χ1) is 7.63. The Morgan fingerprint density at radius 3 is 2.75 bits per heavy atom. The van der Waals surface area contributed by atoms with E-state index in [0.29, 0.717) is 6.04 Å². The van der Waals surface area contributed by atoms with E-state index in [4.69, 9.17) is 11.6 Å². The molecule has 0 amide bonds. The molecule has 1 aromatic rings. The zero-order valence-electron chi connectivity index (χ0n) is 9.79. The second-order valence-corrected chi connectivity index (χ2v) is 5.36. The fraction of sp³-hybridized carbons (Fsp3) is 0.385. The third-order valence-corrected chi connectivity index (χ3v) is 3.96. The summed E-state index contributed by atoms with van der Waals surface area (Å²) in [5.74, 6) is 1.01. The van der Waals surface area contributed by atoms with Gasteiger partial charge in [0.25, 0.3) is 0 Å². The fourth-order valence-corrected chi connectivity index (χ4v) is 2.76. The van der Waals surface area contributed by atoms with E-state index in [-0.39, 0.29) is 0 Å². The molecule has 16 heavy (non-hydrogen) atoms. The molecular weight excluding hydrogens is 238 g/mol. The van der Waals surface area contributed by atoms with Crippen LogP contribution in [-0.4, -0.2) is 18.8 Å². The molecule has 0 fully saturated rings. The second-order valence-electron chi connectivity index (χ2n) is 3.89. The molecule has 3 heteroatoms. The lowest BCUT2D eigenvalue weighted by Gasteiger charge is -2.15. The lowest BCUT2D eigenvalue weighted by Crippen LogP contribution is -2.27. The molecule has 1 aromatic carbocycles. The van der Waals surface area contributed by atoms with Crippen molar-refractivity contribution in [2.24, 2.45) is 0 Å². The molecule has 0 aliphatic rings. The van der Waals surface area contributed by atoms with Crippen LogP contribution >= 0.6 is 23.4 Å². The molecule has 0 saturated carbocycles. The van der Waals surface area contributed by atoms with Crippen LogP contribution in [0.25, 0.3) is 0 Å². The predicted octanol–water partition coefficient (Wildman–Crippen LogP) is 3.99. The number of hydrogen-bond donors (Lipinski definition) is 1. The summed E-state index contributed by atoms with van der Waals surface area (Å²) in [7, 11) is 1.99. The molecule has 0 aliphatic carbocycles. The zero-order valence-corrected chi connectivity index (χ0v) is 11.4. The maximum atomic E-state index is 6.10. The molecule has 0 heterocycles. The summed E-state index contributed by atoms with van der Waals surface area (Å²) < 4.78 is 0. The average molecular weight is 256 g/mol. The molecular formula is C13H18ClNS. The Morgan fingerprint density at radius 2 is 2.19 bits per heavy atom. The van der Waals surface area contributed by atoms with Crippen molar-refractivity contribution in [2.45, 2.75) is 24.3 Å². The van der Waals surface area contributed by atoms with Crippen molar-refractivity contribution in [1.29, 1.82) is 0 Å². The Morgan fingerprint density at radius 1 is 1.50 bits per heavy atom. The van der Waals surface area contributed by atoms with Gasteiger partial charge in [-0.3, -0.25) is 0 Å². The molecule has 0 radical (unpaired) electrons. The van der Waals surface area contributed by atoms with Gasteiger partial charge in [-0.15, -0.1) is 18.3 Å². The molecule has 0 aliphatic heterocycles. The van der Waals surface area contributed by atoms with E-state index in [1.165, 1.54) is 5.57 Å². The number of benzene rings is 1. The number of nitrogens with one attached hydrogen (secondary N) is 1. The van der Waals surface area contributed by atoms with Crippen LogP contribution in [0.1, 0.15) is 13.3 Å². The maximum absolute atomic E-state index is 6.10. The Balaban J connectivity index is 2.49. The zero-order chi connectivity index (χ0) is 12.0. The van der Waals surface area contributed by atoms with Gasteiger partial charge in [0.05, 0.1) is 5.02 Å². The highest BCUT2D eigenvalue weighted by molar-refractivity contribution is 7.99. The summed E-state index contributed by atoms with van der Waals surface area (Å²) in [4.78, 5) is 1.14. The first-order valence-electron chi connectivity index (χ1n) is 5.32. The van der Waals surface area contributed by atoms with Gasteiger partial charge < -0.3 is 5.32 Å². The van der Waals surface area contributed by atoms with Crippen LogP contribution in [-0.2, 0) is 0 Å². The summed E-state index contributed by atoms with van der Waals surface area (Å²) in [6, 6.07) is 8.41. The van der Waals surface area contributed by atoms with Crippen LogP contribution < -0.4 is 5.32 Å². The standard InChI is InChI=1S/C13H18ClNS/c1-10(2)8-11(15-3)9-16-13-7-5-4-6-12(13)14/h4-7,11,15H,1,8-9H2,2-3H3. The molecule has 1 N–H and O–H groups in total. The summed E-state index contributed by atoms with van der Waals surface area (Å²) in [5, 5.41) is 4.13. The van der Waals surface area contributed by atoms with E-state index in [9.17, 15) is 0 Å². The van der Waals surface area contributed by atoms with Crippen LogP contribution in [0.15, 0.2) is 41.3 Å². The highest BCUT2D eigenvalue weighted by atomic mass is 35.5. The van der Waals surface area contributed by atoms with Gasteiger partial charge in [-0.1, -0.05) is 29.3 Å². The number of halogens is 1. The highest BCUT2D eigenvalue weighted by Crippen LogP contribution is 2.27. The molecule has 0 saturated heterocycles. The molecule has 0 spiro atoms. The normalized spacial score (nSPS) is 12.4.